The third-order valence-corrected chi connectivity index (χ3v) is 3.30. The van der Waals surface area contributed by atoms with Crippen LogP contribution in [0, 0.1) is 18.3 Å². The van der Waals surface area contributed by atoms with E-state index in [-0.39, 0.29) is 5.84 Å². The summed E-state index contributed by atoms with van der Waals surface area (Å²) in [5.41, 5.74) is 8.89. The molecule has 3 N–H and O–H groups in total. The Balaban J connectivity index is 2.37. The molecule has 0 aliphatic heterocycles. The Morgan fingerprint density at radius 1 is 1.44 bits per heavy atom. The van der Waals surface area contributed by atoms with Crippen LogP contribution in [-0.2, 0) is 0 Å². The summed E-state index contributed by atoms with van der Waals surface area (Å²) in [6.07, 6.45) is 2.52. The van der Waals surface area contributed by atoms with Gasteiger partial charge in [0.05, 0.1) is 0 Å². The zero-order chi connectivity index (χ0) is 13.3. The summed E-state index contributed by atoms with van der Waals surface area (Å²) in [5.74, 6) is 0.787. The van der Waals surface area contributed by atoms with Gasteiger partial charge in [0.15, 0.2) is 0 Å². The molecule has 3 nitrogen and oxygen atoms in total. The summed E-state index contributed by atoms with van der Waals surface area (Å²) >= 11 is 0. The topological polar surface area (TPSA) is 53.1 Å². The molecule has 0 bridgehead atoms. The lowest BCUT2D eigenvalue weighted by atomic mass is 10.1. The lowest BCUT2D eigenvalue weighted by Gasteiger charge is -2.29. The first-order chi connectivity index (χ1) is 8.49. The number of aryl methyl sites for hydroxylation is 1. The Bertz CT molecular complexity index is 447. The molecule has 1 saturated carbocycles. The first-order valence-electron chi connectivity index (χ1n) is 6.70. The van der Waals surface area contributed by atoms with Gasteiger partial charge in [0.1, 0.15) is 5.84 Å². The minimum absolute atomic E-state index is 0.170. The minimum Gasteiger partial charge on any atom is -0.384 e. The van der Waals surface area contributed by atoms with Crippen LogP contribution >= 0.6 is 0 Å². The van der Waals surface area contributed by atoms with Gasteiger partial charge >= 0.3 is 0 Å². The van der Waals surface area contributed by atoms with Crippen molar-refractivity contribution in [2.75, 3.05) is 11.4 Å². The summed E-state index contributed by atoms with van der Waals surface area (Å²) in [6.45, 7) is 7.54. The number of hydrogen-bond acceptors (Lipinski definition) is 2. The monoisotopic (exact) mass is 245 g/mol. The smallest absolute Gasteiger partial charge is 0.124 e. The van der Waals surface area contributed by atoms with E-state index in [1.54, 1.807) is 0 Å². The maximum Gasteiger partial charge on any atom is 0.124 e. The second-order valence-electron chi connectivity index (χ2n) is 5.71. The molecule has 0 radical (unpaired) electrons. The number of benzene rings is 1. The number of rotatable bonds is 5. The quantitative estimate of drug-likeness (QED) is 0.619. The molecule has 1 fully saturated rings. The Labute approximate surface area is 109 Å². The van der Waals surface area contributed by atoms with Gasteiger partial charge in [-0.2, -0.15) is 0 Å². The van der Waals surface area contributed by atoms with Gasteiger partial charge in [-0.3, -0.25) is 5.41 Å². The van der Waals surface area contributed by atoms with Gasteiger partial charge in [-0.05, 0) is 37.8 Å². The fraction of sp³-hybridized carbons (Fsp3) is 0.533. The maximum atomic E-state index is 7.76. The van der Waals surface area contributed by atoms with Crippen LogP contribution in [0.4, 0.5) is 5.69 Å². The van der Waals surface area contributed by atoms with E-state index in [0.717, 1.165) is 23.4 Å². The van der Waals surface area contributed by atoms with E-state index < -0.39 is 0 Å². The van der Waals surface area contributed by atoms with Gasteiger partial charge < -0.3 is 10.6 Å². The van der Waals surface area contributed by atoms with Crippen molar-refractivity contribution in [3.63, 3.8) is 0 Å². The number of nitrogens with zero attached hydrogens (tertiary/aromatic N) is 1. The van der Waals surface area contributed by atoms with E-state index in [0.29, 0.717) is 12.0 Å². The van der Waals surface area contributed by atoms with E-state index >= 15 is 0 Å². The van der Waals surface area contributed by atoms with Crippen LogP contribution in [0.15, 0.2) is 18.2 Å². The molecule has 1 aliphatic rings. The predicted octanol–water partition coefficient (Wildman–Crippen LogP) is 2.90. The maximum absolute atomic E-state index is 7.76. The Morgan fingerprint density at radius 2 is 2.11 bits per heavy atom. The molecular weight excluding hydrogens is 222 g/mol. The molecule has 1 aromatic rings. The summed E-state index contributed by atoms with van der Waals surface area (Å²) in [7, 11) is 0. The highest BCUT2D eigenvalue weighted by Gasteiger charge is 2.31. The van der Waals surface area contributed by atoms with E-state index in [4.69, 9.17) is 11.1 Å². The van der Waals surface area contributed by atoms with Crippen molar-refractivity contribution in [3.8, 4) is 0 Å². The first-order valence-corrected chi connectivity index (χ1v) is 6.70. The van der Waals surface area contributed by atoms with Crippen molar-refractivity contribution < 1.29 is 0 Å². The highest BCUT2D eigenvalue weighted by atomic mass is 15.2. The number of nitrogens with two attached hydrogens (primary N) is 1. The van der Waals surface area contributed by atoms with Crippen molar-refractivity contribution in [1.29, 1.82) is 5.41 Å². The van der Waals surface area contributed by atoms with Crippen molar-refractivity contribution in [2.45, 2.75) is 39.7 Å². The summed E-state index contributed by atoms with van der Waals surface area (Å²) in [4.78, 5) is 2.43. The lowest BCUT2D eigenvalue weighted by molar-refractivity contribution is 0.607. The highest BCUT2D eigenvalue weighted by molar-refractivity contribution is 6.00. The van der Waals surface area contributed by atoms with Crippen LogP contribution < -0.4 is 10.6 Å². The second-order valence-corrected chi connectivity index (χ2v) is 5.71. The van der Waals surface area contributed by atoms with E-state index in [1.807, 2.05) is 13.0 Å². The van der Waals surface area contributed by atoms with Crippen molar-refractivity contribution >= 4 is 11.5 Å². The van der Waals surface area contributed by atoms with Crippen LogP contribution in [0.1, 0.15) is 37.8 Å². The molecule has 0 saturated heterocycles. The molecule has 3 heteroatoms. The molecule has 1 aliphatic carbocycles. The van der Waals surface area contributed by atoms with Crippen LogP contribution in [0.3, 0.4) is 0 Å². The average Bonchev–Trinajstić information content (AvgIpc) is 3.09. The molecule has 0 heterocycles. The molecule has 0 unspecified atom stereocenters. The van der Waals surface area contributed by atoms with Crippen LogP contribution in [0.5, 0.6) is 0 Å². The van der Waals surface area contributed by atoms with Crippen molar-refractivity contribution in [3.05, 3.63) is 29.3 Å². The summed E-state index contributed by atoms with van der Waals surface area (Å²) in [5, 5.41) is 7.76. The first kappa shape index (κ1) is 12.9. The molecule has 0 atom stereocenters. The SMILES string of the molecule is Cc1ccc(N(CC(C)C)C2CC2)c(C(=N)N)c1. The fourth-order valence-electron chi connectivity index (χ4n) is 2.34. The molecule has 98 valence electrons. The fourth-order valence-corrected chi connectivity index (χ4v) is 2.34. The summed E-state index contributed by atoms with van der Waals surface area (Å²) < 4.78 is 0. The van der Waals surface area contributed by atoms with Gasteiger partial charge in [0, 0.05) is 23.8 Å². The van der Waals surface area contributed by atoms with Crippen LogP contribution in [0.25, 0.3) is 0 Å². The minimum atomic E-state index is 0.170. The molecule has 0 spiro atoms. The standard InChI is InChI=1S/C15H23N3/c1-10(2)9-18(12-5-6-12)14-7-4-11(3)8-13(14)15(16)17/h4,7-8,10,12H,5-6,9H2,1-3H3,(H3,16,17). The molecular formula is C15H23N3. The van der Waals surface area contributed by atoms with Gasteiger partial charge in [-0.15, -0.1) is 0 Å². The van der Waals surface area contributed by atoms with Crippen LogP contribution in [0.2, 0.25) is 0 Å². The highest BCUT2D eigenvalue weighted by Crippen LogP contribution is 2.34. The predicted molar refractivity (Wildman–Crippen MR) is 77.4 cm³/mol. The average molecular weight is 245 g/mol. The zero-order valence-corrected chi connectivity index (χ0v) is 11.5. The van der Waals surface area contributed by atoms with Crippen molar-refractivity contribution in [2.24, 2.45) is 11.7 Å². The van der Waals surface area contributed by atoms with Gasteiger partial charge in [-0.1, -0.05) is 25.5 Å². The number of amidine groups is 1. The van der Waals surface area contributed by atoms with Gasteiger partial charge in [0.2, 0.25) is 0 Å². The van der Waals surface area contributed by atoms with E-state index in [1.165, 1.54) is 12.8 Å². The van der Waals surface area contributed by atoms with Gasteiger partial charge in [0.25, 0.3) is 0 Å². The van der Waals surface area contributed by atoms with Gasteiger partial charge in [-0.25, -0.2) is 0 Å². The van der Waals surface area contributed by atoms with E-state index in [2.05, 4.69) is 30.9 Å². The largest absolute Gasteiger partial charge is 0.384 e. The molecule has 0 aromatic heterocycles. The normalized spacial score (nSPS) is 14.9. The molecule has 1 aromatic carbocycles. The Morgan fingerprint density at radius 3 is 2.61 bits per heavy atom. The Kier molecular flexibility index (Phi) is 3.60. The van der Waals surface area contributed by atoms with Crippen LogP contribution in [-0.4, -0.2) is 18.4 Å². The van der Waals surface area contributed by atoms with E-state index in [9.17, 15) is 0 Å². The second kappa shape index (κ2) is 5.01. The number of nitrogen functional groups attached to an aromatic ring is 1. The molecule has 2 rings (SSSR count). The number of nitrogens with one attached hydrogen (secondary N) is 1. The van der Waals surface area contributed by atoms with Crippen molar-refractivity contribution in [1.82, 2.24) is 0 Å². The number of hydrogen-bond donors (Lipinski definition) is 2. The number of anilines is 1. The zero-order valence-electron chi connectivity index (χ0n) is 11.5. The molecule has 18 heavy (non-hydrogen) atoms. The lowest BCUT2D eigenvalue weighted by Crippen LogP contribution is -2.32. The molecule has 0 amide bonds. The third kappa shape index (κ3) is 2.84. The third-order valence-electron chi connectivity index (χ3n) is 3.30. The summed E-state index contributed by atoms with van der Waals surface area (Å²) in [6, 6.07) is 6.89. The Hall–Kier alpha value is -1.51.